The fourth-order valence-corrected chi connectivity index (χ4v) is 2.86. The van der Waals surface area contributed by atoms with Crippen LogP contribution in [0.5, 0.6) is 0 Å². The van der Waals surface area contributed by atoms with Crippen LogP contribution in [0.2, 0.25) is 0 Å². The summed E-state index contributed by atoms with van der Waals surface area (Å²) in [7, 11) is 0. The minimum Gasteiger partial charge on any atom is -0.459 e. The highest BCUT2D eigenvalue weighted by Gasteiger charge is 2.23. The second kappa shape index (κ2) is 5.49. The van der Waals surface area contributed by atoms with Crippen molar-refractivity contribution in [2.45, 2.75) is 71.4 Å². The van der Waals surface area contributed by atoms with E-state index in [1.807, 2.05) is 0 Å². The molecule has 0 atom stereocenters. The van der Waals surface area contributed by atoms with Gasteiger partial charge in [-0.25, -0.2) is 0 Å². The van der Waals surface area contributed by atoms with E-state index in [0.717, 1.165) is 36.8 Å². The standard InChI is InChI=1S/C19H27NO/c1-5-6-15-16-11-13(19(2,3)4)7-10-17(16)21-18(15)12-20-14-8-9-14/h7,10-11,14,20H,5-6,8-9,12H2,1-4H3. The first-order chi connectivity index (χ1) is 9.99. The summed E-state index contributed by atoms with van der Waals surface area (Å²) in [5, 5.41) is 4.90. The molecule has 1 aliphatic carbocycles. The van der Waals surface area contributed by atoms with Gasteiger partial charge in [-0.15, -0.1) is 0 Å². The van der Waals surface area contributed by atoms with Crippen molar-refractivity contribution in [3.05, 3.63) is 35.1 Å². The highest BCUT2D eigenvalue weighted by atomic mass is 16.3. The number of nitrogens with one attached hydrogen (secondary N) is 1. The van der Waals surface area contributed by atoms with Crippen molar-refractivity contribution in [2.24, 2.45) is 0 Å². The Morgan fingerprint density at radius 3 is 2.62 bits per heavy atom. The van der Waals surface area contributed by atoms with Crippen molar-refractivity contribution in [3.63, 3.8) is 0 Å². The zero-order valence-corrected chi connectivity index (χ0v) is 13.8. The molecule has 0 aliphatic heterocycles. The van der Waals surface area contributed by atoms with Crippen LogP contribution in [-0.2, 0) is 18.4 Å². The number of rotatable bonds is 5. The van der Waals surface area contributed by atoms with Crippen molar-refractivity contribution in [3.8, 4) is 0 Å². The van der Waals surface area contributed by atoms with Gasteiger partial charge in [-0.3, -0.25) is 0 Å². The average molecular weight is 285 g/mol. The summed E-state index contributed by atoms with van der Waals surface area (Å²) in [4.78, 5) is 0. The number of aryl methyl sites for hydroxylation is 1. The van der Waals surface area contributed by atoms with Crippen LogP contribution in [0.1, 0.15) is 63.8 Å². The second-order valence-electron chi connectivity index (χ2n) is 7.37. The van der Waals surface area contributed by atoms with E-state index in [2.05, 4.69) is 51.2 Å². The molecule has 21 heavy (non-hydrogen) atoms. The van der Waals surface area contributed by atoms with Crippen LogP contribution in [0.4, 0.5) is 0 Å². The number of furan rings is 1. The molecular weight excluding hydrogens is 258 g/mol. The molecule has 0 spiro atoms. The maximum atomic E-state index is 6.14. The third-order valence-electron chi connectivity index (χ3n) is 4.37. The Kier molecular flexibility index (Phi) is 3.83. The molecule has 1 fully saturated rings. The van der Waals surface area contributed by atoms with Crippen LogP contribution in [0, 0.1) is 0 Å². The molecule has 1 aromatic heterocycles. The van der Waals surface area contributed by atoms with Gasteiger partial charge in [0.1, 0.15) is 11.3 Å². The Hall–Kier alpha value is -1.28. The van der Waals surface area contributed by atoms with E-state index in [4.69, 9.17) is 4.42 Å². The summed E-state index contributed by atoms with van der Waals surface area (Å²) < 4.78 is 6.14. The van der Waals surface area contributed by atoms with Crippen LogP contribution in [-0.4, -0.2) is 6.04 Å². The van der Waals surface area contributed by atoms with E-state index in [0.29, 0.717) is 0 Å². The van der Waals surface area contributed by atoms with Gasteiger partial charge in [0.2, 0.25) is 0 Å². The lowest BCUT2D eigenvalue weighted by atomic mass is 9.86. The molecule has 0 amide bonds. The fourth-order valence-electron chi connectivity index (χ4n) is 2.86. The van der Waals surface area contributed by atoms with Crippen molar-refractivity contribution in [1.29, 1.82) is 0 Å². The fraction of sp³-hybridized carbons (Fsp3) is 0.579. The molecule has 1 saturated carbocycles. The summed E-state index contributed by atoms with van der Waals surface area (Å²) in [5.41, 5.74) is 4.02. The second-order valence-corrected chi connectivity index (χ2v) is 7.37. The van der Waals surface area contributed by atoms with Crippen LogP contribution in [0.25, 0.3) is 11.0 Å². The van der Waals surface area contributed by atoms with Crippen molar-refractivity contribution >= 4 is 11.0 Å². The Morgan fingerprint density at radius 1 is 1.24 bits per heavy atom. The lowest BCUT2D eigenvalue weighted by Gasteiger charge is -2.18. The van der Waals surface area contributed by atoms with Gasteiger partial charge in [-0.1, -0.05) is 40.2 Å². The number of benzene rings is 1. The van der Waals surface area contributed by atoms with E-state index >= 15 is 0 Å². The van der Waals surface area contributed by atoms with Gasteiger partial charge < -0.3 is 9.73 Å². The van der Waals surface area contributed by atoms with Crippen molar-refractivity contribution in [2.75, 3.05) is 0 Å². The topological polar surface area (TPSA) is 25.2 Å². The minimum absolute atomic E-state index is 0.182. The number of hydrogen-bond acceptors (Lipinski definition) is 2. The van der Waals surface area contributed by atoms with Gasteiger partial charge in [0.15, 0.2) is 0 Å². The van der Waals surface area contributed by atoms with E-state index in [1.54, 1.807) is 0 Å². The zero-order chi connectivity index (χ0) is 15.0. The number of hydrogen-bond donors (Lipinski definition) is 1. The van der Waals surface area contributed by atoms with Gasteiger partial charge in [0.25, 0.3) is 0 Å². The van der Waals surface area contributed by atoms with E-state index in [9.17, 15) is 0 Å². The highest BCUT2D eigenvalue weighted by Crippen LogP contribution is 2.32. The summed E-state index contributed by atoms with van der Waals surface area (Å²) in [6.45, 7) is 9.92. The van der Waals surface area contributed by atoms with Crippen LogP contribution in [0.3, 0.4) is 0 Å². The van der Waals surface area contributed by atoms with Crippen molar-refractivity contribution in [1.82, 2.24) is 5.32 Å². The third-order valence-corrected chi connectivity index (χ3v) is 4.37. The number of fused-ring (bicyclic) bond motifs is 1. The average Bonchev–Trinajstić information content (AvgIpc) is 3.19. The summed E-state index contributed by atoms with van der Waals surface area (Å²) in [6, 6.07) is 7.41. The Morgan fingerprint density at radius 2 is 2.00 bits per heavy atom. The maximum Gasteiger partial charge on any atom is 0.134 e. The predicted octanol–water partition coefficient (Wildman–Crippen LogP) is 4.93. The summed E-state index contributed by atoms with van der Waals surface area (Å²) in [6.07, 6.45) is 4.89. The van der Waals surface area contributed by atoms with E-state index in [-0.39, 0.29) is 5.41 Å². The zero-order valence-electron chi connectivity index (χ0n) is 13.8. The summed E-state index contributed by atoms with van der Waals surface area (Å²) in [5.74, 6) is 1.14. The van der Waals surface area contributed by atoms with Gasteiger partial charge >= 0.3 is 0 Å². The van der Waals surface area contributed by atoms with Crippen LogP contribution in [0.15, 0.2) is 22.6 Å². The highest BCUT2D eigenvalue weighted by molar-refractivity contribution is 5.83. The molecule has 1 N–H and O–H groups in total. The first kappa shape index (κ1) is 14.6. The Labute approximate surface area is 127 Å². The van der Waals surface area contributed by atoms with Crippen LogP contribution >= 0.6 is 0 Å². The molecule has 1 aliphatic rings. The van der Waals surface area contributed by atoms with Crippen molar-refractivity contribution < 1.29 is 4.42 Å². The molecule has 114 valence electrons. The lowest BCUT2D eigenvalue weighted by molar-refractivity contribution is 0.505. The monoisotopic (exact) mass is 285 g/mol. The molecule has 2 aromatic rings. The van der Waals surface area contributed by atoms with Gasteiger partial charge in [0, 0.05) is 17.0 Å². The Bertz CT molecular complexity index is 629. The predicted molar refractivity (Wildman–Crippen MR) is 88.8 cm³/mol. The SMILES string of the molecule is CCCc1c(CNC2CC2)oc2ccc(C(C)(C)C)cc12. The quantitative estimate of drug-likeness (QED) is 0.842. The normalized spacial score (nSPS) is 15.8. The molecule has 2 nitrogen and oxygen atoms in total. The Balaban J connectivity index is 1.99. The molecule has 1 aromatic carbocycles. The van der Waals surface area contributed by atoms with E-state index < -0.39 is 0 Å². The molecular formula is C19H27NO. The first-order valence-electron chi connectivity index (χ1n) is 8.27. The molecule has 2 heteroatoms. The third kappa shape index (κ3) is 3.16. The molecule has 3 rings (SSSR count). The van der Waals surface area contributed by atoms with Gasteiger partial charge in [0.05, 0.1) is 6.54 Å². The molecule has 0 bridgehead atoms. The maximum absolute atomic E-state index is 6.14. The largest absolute Gasteiger partial charge is 0.459 e. The summed E-state index contributed by atoms with van der Waals surface area (Å²) >= 11 is 0. The lowest BCUT2D eigenvalue weighted by Crippen LogP contribution is -2.15. The van der Waals surface area contributed by atoms with Gasteiger partial charge in [-0.05, 0) is 42.4 Å². The van der Waals surface area contributed by atoms with E-state index in [1.165, 1.54) is 29.4 Å². The molecule has 0 saturated heterocycles. The molecule has 1 heterocycles. The van der Waals surface area contributed by atoms with Gasteiger partial charge in [-0.2, -0.15) is 0 Å². The first-order valence-corrected chi connectivity index (χ1v) is 8.27. The molecule has 0 unspecified atom stereocenters. The minimum atomic E-state index is 0.182. The molecule has 0 radical (unpaired) electrons. The van der Waals surface area contributed by atoms with Crippen LogP contribution < -0.4 is 5.32 Å². The smallest absolute Gasteiger partial charge is 0.134 e.